The fraction of sp³-hybridized carbons (Fsp3) is 0.200. The van der Waals surface area contributed by atoms with Crippen molar-refractivity contribution in [1.29, 1.82) is 0 Å². The van der Waals surface area contributed by atoms with Gasteiger partial charge in [0, 0.05) is 28.9 Å². The molecule has 1 aliphatic heterocycles. The molecule has 155 valence electrons. The molecule has 0 atom stereocenters. The Morgan fingerprint density at radius 1 is 1.03 bits per heavy atom. The molecule has 1 aliphatic rings. The quantitative estimate of drug-likeness (QED) is 0.506. The molecule has 0 spiro atoms. The Labute approximate surface area is 179 Å². The molecule has 1 N–H and O–H groups in total. The normalized spacial score (nSPS) is 21.2. The van der Waals surface area contributed by atoms with Crippen LogP contribution in [0.25, 0.3) is 22.5 Å². The molecule has 5 nitrogen and oxygen atoms in total. The van der Waals surface area contributed by atoms with Gasteiger partial charge in [0.1, 0.15) is 5.82 Å². The van der Waals surface area contributed by atoms with Crippen LogP contribution in [0.3, 0.4) is 0 Å². The zero-order valence-electron chi connectivity index (χ0n) is 17.0. The summed E-state index contributed by atoms with van der Waals surface area (Å²) in [6.07, 6.45) is 2.83. The van der Waals surface area contributed by atoms with E-state index in [4.69, 9.17) is 14.5 Å². The molecule has 0 unspecified atom stereocenters. The van der Waals surface area contributed by atoms with Gasteiger partial charge in [0.2, 0.25) is 6.29 Å². The minimum Gasteiger partial charge on any atom is -0.345 e. The Kier molecular flexibility index (Phi) is 5.10. The van der Waals surface area contributed by atoms with Crippen LogP contribution in [0, 0.1) is 11.9 Å². The van der Waals surface area contributed by atoms with E-state index in [1.54, 1.807) is 24.5 Å². The van der Waals surface area contributed by atoms with E-state index < -0.39 is 6.29 Å². The van der Waals surface area contributed by atoms with Gasteiger partial charge in [-0.1, -0.05) is 31.2 Å². The van der Waals surface area contributed by atoms with Crippen LogP contribution in [-0.2, 0) is 14.9 Å². The summed E-state index contributed by atoms with van der Waals surface area (Å²) in [5.74, 6) is 0.286. The summed E-state index contributed by atoms with van der Waals surface area (Å²) in [5, 5.41) is 0. The average molecular weight is 414 g/mol. The summed E-state index contributed by atoms with van der Waals surface area (Å²) >= 11 is 0. The third-order valence-corrected chi connectivity index (χ3v) is 5.54. The van der Waals surface area contributed by atoms with E-state index in [-0.39, 0.29) is 11.2 Å². The van der Waals surface area contributed by atoms with E-state index in [1.165, 1.54) is 12.1 Å². The van der Waals surface area contributed by atoms with Gasteiger partial charge < -0.3 is 14.5 Å². The van der Waals surface area contributed by atoms with Crippen LogP contribution in [0.15, 0.2) is 73.1 Å². The second kappa shape index (κ2) is 8.06. The number of aromatic amines is 1. The van der Waals surface area contributed by atoms with Crippen molar-refractivity contribution in [2.45, 2.75) is 18.6 Å². The van der Waals surface area contributed by atoms with Crippen LogP contribution in [-0.4, -0.2) is 28.2 Å². The maximum absolute atomic E-state index is 13.5. The van der Waals surface area contributed by atoms with Gasteiger partial charge in [-0.2, -0.15) is 0 Å². The lowest BCUT2D eigenvalue weighted by Crippen LogP contribution is -2.40. The van der Waals surface area contributed by atoms with Gasteiger partial charge in [0.25, 0.3) is 0 Å². The lowest BCUT2D eigenvalue weighted by atomic mass is 9.83. The summed E-state index contributed by atoms with van der Waals surface area (Å²) < 4.78 is 25.6. The number of pyridine rings is 1. The lowest BCUT2D eigenvalue weighted by molar-refractivity contribution is -0.214. The second-order valence-corrected chi connectivity index (χ2v) is 7.90. The number of nitrogens with zero attached hydrogens (tertiary/aromatic N) is 2. The van der Waals surface area contributed by atoms with Crippen LogP contribution in [0.5, 0.6) is 0 Å². The third kappa shape index (κ3) is 3.87. The van der Waals surface area contributed by atoms with Crippen molar-refractivity contribution >= 4 is 0 Å². The number of benzene rings is 2. The number of nitrogens with one attached hydrogen (secondary N) is 1. The first kappa shape index (κ1) is 19.6. The zero-order chi connectivity index (χ0) is 21.3. The Morgan fingerprint density at radius 2 is 1.77 bits per heavy atom. The Hall–Kier alpha value is -3.35. The van der Waals surface area contributed by atoms with Crippen LogP contribution < -0.4 is 0 Å². The monoisotopic (exact) mass is 414 g/mol. The van der Waals surface area contributed by atoms with Gasteiger partial charge in [0.15, 0.2) is 5.82 Å². The molecule has 31 heavy (non-hydrogen) atoms. The van der Waals surface area contributed by atoms with Crippen molar-refractivity contribution in [2.24, 2.45) is 0 Å². The third-order valence-electron chi connectivity index (χ3n) is 5.54. The molecule has 0 amide bonds. The Morgan fingerprint density at radius 3 is 2.45 bits per heavy atom. The van der Waals surface area contributed by atoms with Gasteiger partial charge in [-0.25, -0.2) is 9.37 Å². The summed E-state index contributed by atoms with van der Waals surface area (Å²) in [6, 6.07) is 21.1. The molecule has 2 aromatic heterocycles. The molecule has 3 heterocycles. The van der Waals surface area contributed by atoms with E-state index in [9.17, 15) is 4.39 Å². The van der Waals surface area contributed by atoms with Crippen molar-refractivity contribution < 1.29 is 13.9 Å². The molecule has 0 saturated carbocycles. The predicted molar refractivity (Wildman–Crippen MR) is 114 cm³/mol. The number of hydrogen-bond donors (Lipinski definition) is 1. The Balaban J connectivity index is 1.46. The van der Waals surface area contributed by atoms with E-state index in [2.05, 4.69) is 29.0 Å². The molecule has 0 bridgehead atoms. The number of halogens is 1. The molecule has 0 aliphatic carbocycles. The highest BCUT2D eigenvalue weighted by Gasteiger charge is 2.36. The first-order chi connectivity index (χ1) is 15.1. The Bertz CT molecular complexity index is 1150. The average Bonchev–Trinajstić information content (AvgIpc) is 3.27. The smallest absolute Gasteiger partial charge is 0.217 e. The van der Waals surface area contributed by atoms with E-state index in [1.807, 2.05) is 30.3 Å². The number of hydrogen-bond acceptors (Lipinski definition) is 4. The van der Waals surface area contributed by atoms with Gasteiger partial charge in [0.05, 0.1) is 24.6 Å². The SMILES string of the molecule is CC1(c2c[c]ccc2)COC(c2nc(-c3ccc(F)cc3)c(-c3ccncc3)[nH]2)OC1. The van der Waals surface area contributed by atoms with E-state index in [0.717, 1.165) is 22.4 Å². The number of imidazole rings is 1. The maximum Gasteiger partial charge on any atom is 0.217 e. The first-order valence-corrected chi connectivity index (χ1v) is 10.1. The minimum absolute atomic E-state index is 0.255. The number of H-pyrrole nitrogens is 1. The van der Waals surface area contributed by atoms with Crippen molar-refractivity contribution in [3.63, 3.8) is 0 Å². The largest absolute Gasteiger partial charge is 0.345 e. The van der Waals surface area contributed by atoms with E-state index in [0.29, 0.717) is 24.7 Å². The van der Waals surface area contributed by atoms with Crippen LogP contribution in [0.2, 0.25) is 0 Å². The van der Waals surface area contributed by atoms with Crippen molar-refractivity contribution in [2.75, 3.05) is 13.2 Å². The van der Waals surface area contributed by atoms with Gasteiger partial charge >= 0.3 is 0 Å². The molecular weight excluding hydrogens is 393 g/mol. The van der Waals surface area contributed by atoms with Gasteiger partial charge in [-0.3, -0.25) is 4.98 Å². The second-order valence-electron chi connectivity index (χ2n) is 7.90. The van der Waals surface area contributed by atoms with Crippen molar-refractivity contribution in [3.05, 3.63) is 96.3 Å². The summed E-state index contributed by atoms with van der Waals surface area (Å²) in [6.45, 7) is 3.10. The van der Waals surface area contributed by atoms with E-state index >= 15 is 0 Å². The number of aromatic nitrogens is 3. The molecule has 5 rings (SSSR count). The molecule has 6 heteroatoms. The molecule has 2 aromatic carbocycles. The number of rotatable bonds is 4. The summed E-state index contributed by atoms with van der Waals surface area (Å²) in [7, 11) is 0. The molecule has 4 aromatic rings. The predicted octanol–water partition coefficient (Wildman–Crippen LogP) is 5.08. The fourth-order valence-electron chi connectivity index (χ4n) is 3.75. The standard InChI is InChI=1S/C25H21FN3O2/c1-25(19-5-3-2-4-6-19)15-30-24(31-16-25)23-28-21(17-7-9-20(26)10-8-17)22(29-23)18-11-13-27-14-12-18/h2-3,5-14,24H,15-16H2,1H3,(H,28,29). The first-order valence-electron chi connectivity index (χ1n) is 10.1. The van der Waals surface area contributed by atoms with Gasteiger partial charge in [-0.05, 0) is 48.0 Å². The molecule has 1 fully saturated rings. The molecular formula is C25H21FN3O2. The highest BCUT2D eigenvalue weighted by Crippen LogP contribution is 2.36. The summed E-state index contributed by atoms with van der Waals surface area (Å²) in [4.78, 5) is 12.2. The van der Waals surface area contributed by atoms with Crippen LogP contribution in [0.4, 0.5) is 4.39 Å². The van der Waals surface area contributed by atoms with Crippen molar-refractivity contribution in [3.8, 4) is 22.5 Å². The van der Waals surface area contributed by atoms with Gasteiger partial charge in [-0.15, -0.1) is 0 Å². The topological polar surface area (TPSA) is 60.0 Å². The molecule has 1 radical (unpaired) electrons. The van der Waals surface area contributed by atoms with Crippen molar-refractivity contribution in [1.82, 2.24) is 15.0 Å². The molecule has 1 saturated heterocycles. The zero-order valence-corrected chi connectivity index (χ0v) is 17.0. The number of ether oxygens (including phenoxy) is 2. The minimum atomic E-state index is -0.615. The fourth-order valence-corrected chi connectivity index (χ4v) is 3.75. The lowest BCUT2D eigenvalue weighted by Gasteiger charge is -2.37. The highest BCUT2D eigenvalue weighted by atomic mass is 19.1. The highest BCUT2D eigenvalue weighted by molar-refractivity contribution is 5.78. The maximum atomic E-state index is 13.5. The van der Waals surface area contributed by atoms with Crippen LogP contribution in [0.1, 0.15) is 24.6 Å². The van der Waals surface area contributed by atoms with Crippen LogP contribution >= 0.6 is 0 Å². The summed E-state index contributed by atoms with van der Waals surface area (Å²) in [5.41, 5.74) is 4.11.